The number of nitrogens with zero attached hydrogens (tertiary/aromatic N) is 2. The van der Waals surface area contributed by atoms with Crippen LogP contribution in [0.25, 0.3) is 10.9 Å². The molecule has 1 aromatic heterocycles. The summed E-state index contributed by atoms with van der Waals surface area (Å²) in [5.41, 5.74) is 2.16. The number of aliphatic hydroxyl groups excluding tert-OH is 1. The van der Waals surface area contributed by atoms with Crippen LogP contribution in [0.2, 0.25) is 0 Å². The van der Waals surface area contributed by atoms with E-state index < -0.39 is 6.10 Å². The van der Waals surface area contributed by atoms with Crippen molar-refractivity contribution >= 4 is 28.4 Å². The van der Waals surface area contributed by atoms with Crippen molar-refractivity contribution < 1.29 is 19.4 Å². The number of anilines is 1. The summed E-state index contributed by atoms with van der Waals surface area (Å²) in [6.45, 7) is 0.871. The minimum absolute atomic E-state index is 0.0550. The van der Waals surface area contributed by atoms with Crippen LogP contribution in [0.5, 0.6) is 5.75 Å². The summed E-state index contributed by atoms with van der Waals surface area (Å²) in [5.74, 6) is 0.0921. The van der Waals surface area contributed by atoms with Gasteiger partial charge in [-0.05, 0) is 48.7 Å². The molecule has 8 nitrogen and oxygen atoms in total. The molecular formula is C22H24N4O4. The van der Waals surface area contributed by atoms with Crippen molar-refractivity contribution in [2.45, 2.75) is 18.9 Å². The maximum Gasteiger partial charge on any atom is 0.256 e. The third kappa shape index (κ3) is 4.13. The fraction of sp³-hybridized carbons (Fsp3) is 0.318. The van der Waals surface area contributed by atoms with Gasteiger partial charge >= 0.3 is 0 Å². The zero-order valence-corrected chi connectivity index (χ0v) is 16.7. The topological polar surface area (TPSA) is 108 Å². The Morgan fingerprint density at radius 1 is 1.20 bits per heavy atom. The molecule has 8 heteroatoms. The molecule has 0 aliphatic carbocycles. The van der Waals surface area contributed by atoms with Crippen LogP contribution in [-0.2, 0) is 9.59 Å². The molecule has 1 unspecified atom stereocenters. The lowest BCUT2D eigenvalue weighted by Crippen LogP contribution is -2.43. The number of likely N-dealkylation sites (tertiary alicyclic amines) is 1. The molecule has 30 heavy (non-hydrogen) atoms. The zero-order valence-electron chi connectivity index (χ0n) is 16.7. The second-order valence-corrected chi connectivity index (χ2v) is 7.44. The summed E-state index contributed by atoms with van der Waals surface area (Å²) < 4.78 is 5.10. The number of benzene rings is 2. The van der Waals surface area contributed by atoms with Crippen molar-refractivity contribution in [1.82, 2.24) is 15.1 Å². The lowest BCUT2D eigenvalue weighted by molar-refractivity contribution is -0.143. The van der Waals surface area contributed by atoms with Gasteiger partial charge in [-0.3, -0.25) is 14.7 Å². The Labute approximate surface area is 173 Å². The standard InChI is InChI=1S/C22H24N4O4/c1-30-18-5-2-14(3-6-18)20(27)22(29)26-10-8-15(9-11-26)21(28)24-17-4-7-19-16(12-17)13-23-25-19/h2-7,12-13,15,20,27H,8-11H2,1H3,(H,23,25)(H,24,28). The van der Waals surface area contributed by atoms with Gasteiger partial charge in [-0.1, -0.05) is 12.1 Å². The molecular weight excluding hydrogens is 384 g/mol. The number of aromatic amines is 1. The monoisotopic (exact) mass is 408 g/mol. The smallest absolute Gasteiger partial charge is 0.256 e. The maximum atomic E-state index is 12.7. The number of amides is 2. The number of methoxy groups -OCH3 is 1. The Balaban J connectivity index is 1.32. The first-order chi connectivity index (χ1) is 14.5. The molecule has 1 saturated heterocycles. The molecule has 2 heterocycles. The minimum atomic E-state index is -1.22. The minimum Gasteiger partial charge on any atom is -0.497 e. The number of aromatic nitrogens is 2. The van der Waals surface area contributed by atoms with Crippen LogP contribution >= 0.6 is 0 Å². The highest BCUT2D eigenvalue weighted by Crippen LogP contribution is 2.25. The first-order valence-electron chi connectivity index (χ1n) is 9.90. The molecule has 1 fully saturated rings. The van der Waals surface area contributed by atoms with Crippen LogP contribution in [0.15, 0.2) is 48.7 Å². The number of aliphatic hydroxyl groups is 1. The molecule has 3 N–H and O–H groups in total. The van der Waals surface area contributed by atoms with E-state index >= 15 is 0 Å². The van der Waals surface area contributed by atoms with Crippen LogP contribution in [-0.4, -0.2) is 52.2 Å². The average Bonchev–Trinajstić information content (AvgIpc) is 3.26. The number of hydrogen-bond acceptors (Lipinski definition) is 5. The molecule has 156 valence electrons. The maximum absolute atomic E-state index is 12.7. The summed E-state index contributed by atoms with van der Waals surface area (Å²) in [5, 5.41) is 21.2. The molecule has 2 aromatic carbocycles. The molecule has 1 aliphatic heterocycles. The third-order valence-electron chi connectivity index (χ3n) is 5.55. The molecule has 1 aliphatic rings. The van der Waals surface area contributed by atoms with Crippen LogP contribution < -0.4 is 10.1 Å². The van der Waals surface area contributed by atoms with Gasteiger partial charge in [-0.15, -0.1) is 0 Å². The molecule has 3 aromatic rings. The summed E-state index contributed by atoms with van der Waals surface area (Å²) in [7, 11) is 1.56. The van der Waals surface area contributed by atoms with Gasteiger partial charge in [0, 0.05) is 30.1 Å². The van der Waals surface area contributed by atoms with E-state index in [2.05, 4.69) is 15.5 Å². The van der Waals surface area contributed by atoms with Crippen LogP contribution in [0.4, 0.5) is 5.69 Å². The zero-order chi connectivity index (χ0) is 21.1. The van der Waals surface area contributed by atoms with E-state index in [0.29, 0.717) is 37.2 Å². The Kier molecular flexibility index (Phi) is 5.67. The largest absolute Gasteiger partial charge is 0.497 e. The lowest BCUT2D eigenvalue weighted by atomic mass is 9.95. The number of hydrogen-bond donors (Lipinski definition) is 3. The van der Waals surface area contributed by atoms with E-state index in [0.717, 1.165) is 16.6 Å². The van der Waals surface area contributed by atoms with Crippen LogP contribution in [0.3, 0.4) is 0 Å². The number of fused-ring (bicyclic) bond motifs is 1. The van der Waals surface area contributed by atoms with E-state index in [1.807, 2.05) is 18.2 Å². The fourth-order valence-corrected chi connectivity index (χ4v) is 3.73. The molecule has 1 atom stereocenters. The van der Waals surface area contributed by atoms with Gasteiger partial charge < -0.3 is 20.1 Å². The summed E-state index contributed by atoms with van der Waals surface area (Å²) in [6, 6.07) is 12.4. The third-order valence-corrected chi connectivity index (χ3v) is 5.55. The Morgan fingerprint density at radius 2 is 1.93 bits per heavy atom. The Hall–Kier alpha value is -3.39. The number of carbonyl (C=O) groups is 2. The molecule has 0 bridgehead atoms. The van der Waals surface area contributed by atoms with Gasteiger partial charge in [0.1, 0.15) is 5.75 Å². The summed E-state index contributed by atoms with van der Waals surface area (Å²) in [4.78, 5) is 26.9. The second-order valence-electron chi connectivity index (χ2n) is 7.44. The van der Waals surface area contributed by atoms with Gasteiger partial charge in [0.05, 0.1) is 18.8 Å². The summed E-state index contributed by atoms with van der Waals surface area (Å²) in [6.07, 6.45) is 1.60. The highest BCUT2D eigenvalue weighted by atomic mass is 16.5. The first-order valence-corrected chi connectivity index (χ1v) is 9.90. The Morgan fingerprint density at radius 3 is 2.63 bits per heavy atom. The van der Waals surface area contributed by atoms with E-state index in [4.69, 9.17) is 4.74 Å². The van der Waals surface area contributed by atoms with E-state index in [9.17, 15) is 14.7 Å². The van der Waals surface area contributed by atoms with Gasteiger partial charge in [0.15, 0.2) is 6.10 Å². The van der Waals surface area contributed by atoms with Crippen LogP contribution in [0, 0.1) is 5.92 Å². The van der Waals surface area contributed by atoms with Crippen molar-refractivity contribution in [2.75, 3.05) is 25.5 Å². The average molecular weight is 408 g/mol. The summed E-state index contributed by atoms with van der Waals surface area (Å²) >= 11 is 0. The number of piperidine rings is 1. The molecule has 0 spiro atoms. The highest BCUT2D eigenvalue weighted by molar-refractivity contribution is 5.95. The lowest BCUT2D eigenvalue weighted by Gasteiger charge is -2.32. The van der Waals surface area contributed by atoms with E-state index in [-0.39, 0.29) is 17.7 Å². The number of carbonyl (C=O) groups excluding carboxylic acids is 2. The predicted molar refractivity (Wildman–Crippen MR) is 112 cm³/mol. The molecule has 2 amide bonds. The van der Waals surface area contributed by atoms with E-state index in [1.165, 1.54) is 0 Å². The van der Waals surface area contributed by atoms with Gasteiger partial charge in [-0.25, -0.2) is 0 Å². The number of nitrogens with one attached hydrogen (secondary N) is 2. The first kappa shape index (κ1) is 19.9. The quantitative estimate of drug-likeness (QED) is 0.601. The molecule has 0 radical (unpaired) electrons. The van der Waals surface area contributed by atoms with E-state index in [1.54, 1.807) is 42.5 Å². The van der Waals surface area contributed by atoms with Crippen molar-refractivity contribution in [3.05, 3.63) is 54.2 Å². The normalized spacial score (nSPS) is 15.7. The van der Waals surface area contributed by atoms with Crippen molar-refractivity contribution in [3.63, 3.8) is 0 Å². The van der Waals surface area contributed by atoms with Crippen molar-refractivity contribution in [2.24, 2.45) is 5.92 Å². The second kappa shape index (κ2) is 8.54. The Bertz CT molecular complexity index is 1040. The predicted octanol–water partition coefficient (Wildman–Crippen LogP) is 2.48. The van der Waals surface area contributed by atoms with Crippen LogP contribution in [0.1, 0.15) is 24.5 Å². The van der Waals surface area contributed by atoms with Gasteiger partial charge in [-0.2, -0.15) is 5.10 Å². The fourth-order valence-electron chi connectivity index (χ4n) is 3.73. The van der Waals surface area contributed by atoms with Crippen molar-refractivity contribution in [1.29, 1.82) is 0 Å². The number of rotatable bonds is 5. The SMILES string of the molecule is COc1ccc(C(O)C(=O)N2CCC(C(=O)Nc3ccc4[nH]ncc4c3)CC2)cc1. The molecule has 4 rings (SSSR count). The number of H-pyrrole nitrogens is 1. The molecule has 0 saturated carbocycles. The number of ether oxygens (including phenoxy) is 1. The highest BCUT2D eigenvalue weighted by Gasteiger charge is 2.30. The van der Waals surface area contributed by atoms with Gasteiger partial charge in [0.2, 0.25) is 5.91 Å². The van der Waals surface area contributed by atoms with Gasteiger partial charge in [0.25, 0.3) is 5.91 Å². The van der Waals surface area contributed by atoms with Crippen molar-refractivity contribution in [3.8, 4) is 5.75 Å².